The topological polar surface area (TPSA) is 109 Å². The van der Waals surface area contributed by atoms with E-state index in [4.69, 9.17) is 0 Å². The second-order valence-corrected chi connectivity index (χ2v) is 9.22. The summed E-state index contributed by atoms with van der Waals surface area (Å²) in [6, 6.07) is 7.19. The molecule has 2 aliphatic rings. The van der Waals surface area contributed by atoms with Gasteiger partial charge >= 0.3 is 5.76 Å². The second-order valence-electron chi connectivity index (χ2n) is 8.69. The van der Waals surface area contributed by atoms with Gasteiger partial charge in [0.05, 0.1) is 16.7 Å². The number of halogens is 2. The van der Waals surface area contributed by atoms with Crippen molar-refractivity contribution in [2.75, 3.05) is 5.32 Å². The Morgan fingerprint density at radius 3 is 2.79 bits per heavy atom. The number of nitrogens with one attached hydrogen (secondary N) is 2. The Kier molecular flexibility index (Phi) is 4.59. The molecule has 2 aliphatic carbocycles. The van der Waals surface area contributed by atoms with Crippen LogP contribution in [0.15, 0.2) is 39.8 Å². The van der Waals surface area contributed by atoms with Gasteiger partial charge in [-0.3, -0.25) is 13.5 Å². The van der Waals surface area contributed by atoms with Gasteiger partial charge in [-0.25, -0.2) is 14.2 Å². The smallest absolute Gasteiger partial charge is 0.385 e. The highest BCUT2D eigenvalue weighted by molar-refractivity contribution is 7.92. The first kappa shape index (κ1) is 20.4. The maximum atomic E-state index is 14.9. The first-order chi connectivity index (χ1) is 15.9. The summed E-state index contributed by atoms with van der Waals surface area (Å²) in [5, 5.41) is 17.5. The van der Waals surface area contributed by atoms with Crippen LogP contribution in [-0.2, 0) is 18.4 Å². The van der Waals surface area contributed by atoms with Crippen molar-refractivity contribution in [2.45, 2.75) is 43.7 Å². The Morgan fingerprint density at radius 1 is 1.27 bits per heavy atom. The van der Waals surface area contributed by atoms with Crippen molar-refractivity contribution in [1.29, 1.82) is 0 Å². The van der Waals surface area contributed by atoms with Gasteiger partial charge in [-0.1, -0.05) is 23.4 Å². The van der Waals surface area contributed by atoms with Crippen LogP contribution >= 0.6 is 12.3 Å². The van der Waals surface area contributed by atoms with E-state index in [1.54, 1.807) is 0 Å². The van der Waals surface area contributed by atoms with E-state index in [9.17, 15) is 18.2 Å². The molecule has 170 valence electrons. The Bertz CT molecular complexity index is 1440. The van der Waals surface area contributed by atoms with Crippen LogP contribution in [0.4, 0.5) is 14.1 Å². The van der Waals surface area contributed by atoms with E-state index in [0.717, 1.165) is 39.9 Å². The highest BCUT2D eigenvalue weighted by Crippen LogP contribution is 2.42. The maximum absolute atomic E-state index is 14.9. The molecule has 0 saturated heterocycles. The lowest BCUT2D eigenvalue weighted by Crippen LogP contribution is -2.33. The SMILES string of the molecule is O=c1[nH]c(-c2cn(SF)c3cc(F)c(NC4Cc5ccc(C6(O)CCC6)cc5C4)nc23)no1. The van der Waals surface area contributed by atoms with Gasteiger partial charge in [0, 0.05) is 18.3 Å². The molecule has 1 aromatic carbocycles. The lowest BCUT2D eigenvalue weighted by atomic mass is 9.74. The Hall–Kier alpha value is -3.18. The third-order valence-corrected chi connectivity index (χ3v) is 7.11. The van der Waals surface area contributed by atoms with E-state index in [-0.39, 0.29) is 41.1 Å². The molecule has 0 bridgehead atoms. The summed E-state index contributed by atoms with van der Waals surface area (Å²) >= 11 is -0.112. The summed E-state index contributed by atoms with van der Waals surface area (Å²) < 4.78 is 34.0. The lowest BCUT2D eigenvalue weighted by Gasteiger charge is -2.37. The van der Waals surface area contributed by atoms with Crippen molar-refractivity contribution < 1.29 is 17.9 Å². The minimum atomic E-state index is -0.756. The Morgan fingerprint density at radius 2 is 2.09 bits per heavy atom. The van der Waals surface area contributed by atoms with Crippen LogP contribution in [0.1, 0.15) is 36.0 Å². The van der Waals surface area contributed by atoms with Crippen molar-refractivity contribution in [3.05, 3.63) is 63.5 Å². The molecule has 0 spiro atoms. The molecule has 1 fully saturated rings. The number of benzene rings is 1. The van der Waals surface area contributed by atoms with Crippen LogP contribution in [0.2, 0.25) is 0 Å². The summed E-state index contributed by atoms with van der Waals surface area (Å²) in [5.74, 6) is -1.25. The normalized spacial score (nSPS) is 18.9. The van der Waals surface area contributed by atoms with Gasteiger partial charge in [0.25, 0.3) is 0 Å². The van der Waals surface area contributed by atoms with Gasteiger partial charge in [0.1, 0.15) is 5.52 Å². The van der Waals surface area contributed by atoms with Crippen molar-refractivity contribution in [1.82, 2.24) is 19.1 Å². The standard InChI is InChI=1S/C22H19F2N5O3S/c23-16-9-17-18(15(10-29(17)33-24)19-27-21(30)32-28-19)26-20(16)25-14-7-11-2-3-13(6-12(11)8-14)22(31)4-1-5-22/h2-3,6,9-10,14,31H,1,4-5,7-8H2,(H,25,26)(H,27,28,30). The van der Waals surface area contributed by atoms with Gasteiger partial charge in [0.15, 0.2) is 29.8 Å². The van der Waals surface area contributed by atoms with Crippen molar-refractivity contribution in [3.8, 4) is 11.4 Å². The Labute approximate surface area is 190 Å². The second kappa shape index (κ2) is 7.42. The highest BCUT2D eigenvalue weighted by atomic mass is 32.2. The van der Waals surface area contributed by atoms with E-state index in [2.05, 4.69) is 31.0 Å². The average Bonchev–Trinajstić information content (AvgIpc) is 3.48. The largest absolute Gasteiger partial charge is 0.439 e. The number of anilines is 1. The van der Waals surface area contributed by atoms with E-state index in [0.29, 0.717) is 18.4 Å². The molecule has 0 radical (unpaired) electrons. The summed E-state index contributed by atoms with van der Waals surface area (Å²) in [7, 11) is 0. The van der Waals surface area contributed by atoms with E-state index < -0.39 is 17.2 Å². The maximum Gasteiger partial charge on any atom is 0.439 e. The minimum absolute atomic E-state index is 0.0341. The number of H-pyrrole nitrogens is 1. The molecule has 6 rings (SSSR count). The number of fused-ring (bicyclic) bond motifs is 2. The number of aromatic nitrogens is 4. The molecular weight excluding hydrogens is 452 g/mol. The van der Waals surface area contributed by atoms with Crippen LogP contribution in [0, 0.1) is 5.82 Å². The summed E-state index contributed by atoms with van der Waals surface area (Å²) in [6.45, 7) is 0. The minimum Gasteiger partial charge on any atom is -0.385 e. The molecule has 0 amide bonds. The molecule has 3 aromatic heterocycles. The number of hydrogen-bond acceptors (Lipinski definition) is 7. The average molecular weight is 471 g/mol. The van der Waals surface area contributed by atoms with Gasteiger partial charge in [-0.15, -0.1) is 3.89 Å². The fourth-order valence-corrected chi connectivity index (χ4v) is 5.13. The molecule has 1 atom stereocenters. The van der Waals surface area contributed by atoms with Gasteiger partial charge in [-0.2, -0.15) is 0 Å². The molecule has 8 nitrogen and oxygen atoms in total. The number of pyridine rings is 1. The van der Waals surface area contributed by atoms with Gasteiger partial charge in [-0.05, 0) is 48.8 Å². The van der Waals surface area contributed by atoms with Crippen LogP contribution in [0.25, 0.3) is 22.4 Å². The Balaban J connectivity index is 1.31. The molecule has 1 unspecified atom stereocenters. The molecule has 3 heterocycles. The fraction of sp³-hybridized carbons (Fsp3) is 0.318. The predicted molar refractivity (Wildman–Crippen MR) is 119 cm³/mol. The van der Waals surface area contributed by atoms with Crippen molar-refractivity contribution >= 4 is 29.2 Å². The molecule has 0 aliphatic heterocycles. The molecule has 11 heteroatoms. The zero-order valence-corrected chi connectivity index (χ0v) is 18.1. The van der Waals surface area contributed by atoms with Crippen molar-refractivity contribution in [3.63, 3.8) is 0 Å². The number of aliphatic hydroxyl groups is 1. The van der Waals surface area contributed by atoms with Crippen LogP contribution < -0.4 is 11.1 Å². The zero-order chi connectivity index (χ0) is 22.7. The van der Waals surface area contributed by atoms with E-state index in [1.807, 2.05) is 12.1 Å². The molecule has 4 aromatic rings. The van der Waals surface area contributed by atoms with Crippen LogP contribution in [0.5, 0.6) is 0 Å². The third kappa shape index (κ3) is 3.34. The summed E-state index contributed by atoms with van der Waals surface area (Å²) in [5.41, 5.74) is 3.30. The van der Waals surface area contributed by atoms with E-state index >= 15 is 0 Å². The fourth-order valence-electron chi connectivity index (χ4n) is 4.77. The third-order valence-electron chi connectivity index (χ3n) is 6.66. The molecular formula is C22H19F2N5O3S. The van der Waals surface area contributed by atoms with Crippen LogP contribution in [0.3, 0.4) is 0 Å². The number of rotatable bonds is 5. The molecule has 3 N–H and O–H groups in total. The van der Waals surface area contributed by atoms with E-state index in [1.165, 1.54) is 12.3 Å². The lowest BCUT2D eigenvalue weighted by molar-refractivity contribution is -0.0388. The number of hydrogen-bond donors (Lipinski definition) is 3. The monoisotopic (exact) mass is 471 g/mol. The number of nitrogens with zero attached hydrogens (tertiary/aromatic N) is 3. The summed E-state index contributed by atoms with van der Waals surface area (Å²) in [6.07, 6.45) is 5.31. The zero-order valence-electron chi connectivity index (χ0n) is 17.3. The quantitative estimate of drug-likeness (QED) is 0.406. The predicted octanol–water partition coefficient (Wildman–Crippen LogP) is 3.85. The molecule has 33 heavy (non-hydrogen) atoms. The summed E-state index contributed by atoms with van der Waals surface area (Å²) in [4.78, 5) is 18.2. The van der Waals surface area contributed by atoms with Gasteiger partial charge < -0.3 is 10.4 Å². The molecule has 1 saturated carbocycles. The first-order valence-electron chi connectivity index (χ1n) is 10.6. The highest BCUT2D eigenvalue weighted by Gasteiger charge is 2.37. The van der Waals surface area contributed by atoms with Crippen LogP contribution in [-0.4, -0.2) is 30.2 Å². The van der Waals surface area contributed by atoms with Gasteiger partial charge in [0.2, 0.25) is 0 Å². The number of aromatic amines is 1. The van der Waals surface area contributed by atoms with Crippen molar-refractivity contribution in [2.24, 2.45) is 0 Å². The first-order valence-corrected chi connectivity index (χ1v) is 11.3.